The van der Waals surface area contributed by atoms with Gasteiger partial charge in [-0.15, -0.1) is 11.6 Å². The van der Waals surface area contributed by atoms with Gasteiger partial charge in [0.2, 0.25) is 0 Å². The molecule has 3 saturated heterocycles. The fourth-order valence-electron chi connectivity index (χ4n) is 7.10. The number of likely N-dealkylation sites (tertiary alicyclic amines) is 3. The number of rotatable bonds is 10. The van der Waals surface area contributed by atoms with Gasteiger partial charge in [-0.2, -0.15) is 0 Å². The molecular weight excluding hydrogens is 588 g/mol. The summed E-state index contributed by atoms with van der Waals surface area (Å²) in [5.41, 5.74) is 4.18. The van der Waals surface area contributed by atoms with Crippen LogP contribution in [0.15, 0.2) is 91.0 Å². The molecule has 6 rings (SSSR count). The number of nitrogens with zero attached hydrogens (tertiary/aromatic N) is 3. The summed E-state index contributed by atoms with van der Waals surface area (Å²) in [5, 5.41) is 16.3. The van der Waals surface area contributed by atoms with E-state index < -0.39 is 0 Å². The van der Waals surface area contributed by atoms with Gasteiger partial charge in [0.15, 0.2) is 0 Å². The predicted octanol–water partition coefficient (Wildman–Crippen LogP) is 8.48. The van der Waals surface area contributed by atoms with E-state index in [2.05, 4.69) is 126 Å². The summed E-state index contributed by atoms with van der Waals surface area (Å²) in [6.07, 6.45) is 6.13. The molecule has 2 N–H and O–H groups in total. The minimum Gasteiger partial charge on any atom is -0.396 e. The number of nitrogens with one attached hydrogen (secondary N) is 1. The molecule has 0 unspecified atom stereocenters. The quantitative estimate of drug-likeness (QED) is 0.172. The van der Waals surface area contributed by atoms with Gasteiger partial charge >= 0.3 is 0 Å². The van der Waals surface area contributed by atoms with Gasteiger partial charge in [-0.05, 0) is 107 Å². The minimum atomic E-state index is 0.331. The summed E-state index contributed by atoms with van der Waals surface area (Å²) in [6.45, 7) is 13.9. The van der Waals surface area contributed by atoms with Gasteiger partial charge in [0, 0.05) is 50.2 Å². The lowest BCUT2D eigenvalue weighted by Gasteiger charge is -2.24. The van der Waals surface area contributed by atoms with Crippen molar-refractivity contribution in [1.82, 2.24) is 14.7 Å². The molecule has 0 bridgehead atoms. The molecule has 3 aliphatic rings. The molecule has 0 radical (unpaired) electrons. The third-order valence-corrected chi connectivity index (χ3v) is 10.8. The molecular formula is C40H57ClN4O. The summed E-state index contributed by atoms with van der Waals surface area (Å²) < 4.78 is 0. The lowest BCUT2D eigenvalue weighted by molar-refractivity contribution is 0.204. The molecule has 5 nitrogen and oxygen atoms in total. The normalized spacial score (nSPS) is 23.9. The summed E-state index contributed by atoms with van der Waals surface area (Å²) in [7, 11) is 0. The van der Waals surface area contributed by atoms with Crippen LogP contribution in [0.3, 0.4) is 0 Å². The highest BCUT2D eigenvalue weighted by Gasteiger charge is 2.27. The molecule has 6 heteroatoms. The first-order valence-electron chi connectivity index (χ1n) is 17.5. The largest absolute Gasteiger partial charge is 0.396 e. The average molecular weight is 645 g/mol. The number of halogens is 1. The van der Waals surface area contributed by atoms with Crippen LogP contribution in [0, 0.1) is 23.2 Å². The first-order chi connectivity index (χ1) is 22.4. The molecule has 6 atom stereocenters. The lowest BCUT2D eigenvalue weighted by atomic mass is 10.1. The summed E-state index contributed by atoms with van der Waals surface area (Å²) >= 11 is 5.90. The first-order valence-corrected chi connectivity index (χ1v) is 18.0. The van der Waals surface area contributed by atoms with E-state index in [9.17, 15) is 0 Å². The van der Waals surface area contributed by atoms with Gasteiger partial charge < -0.3 is 10.5 Å². The number of alkyl halides is 1. The Morgan fingerprint density at radius 2 is 0.978 bits per heavy atom. The third-order valence-electron chi connectivity index (χ3n) is 10.4. The Morgan fingerprint density at radius 1 is 0.630 bits per heavy atom. The topological polar surface area (TPSA) is 53.8 Å². The van der Waals surface area contributed by atoms with Crippen molar-refractivity contribution in [3.8, 4) is 0 Å². The van der Waals surface area contributed by atoms with E-state index in [1.165, 1.54) is 42.6 Å². The van der Waals surface area contributed by atoms with Gasteiger partial charge in [0.1, 0.15) is 0 Å². The van der Waals surface area contributed by atoms with Gasteiger partial charge in [0.25, 0.3) is 0 Å². The van der Waals surface area contributed by atoms with Crippen molar-refractivity contribution < 1.29 is 5.11 Å². The van der Waals surface area contributed by atoms with Crippen molar-refractivity contribution in [3.05, 3.63) is 108 Å². The molecule has 3 aromatic carbocycles. The zero-order valence-electron chi connectivity index (χ0n) is 28.4. The maximum Gasteiger partial charge on any atom is 0.0471 e. The zero-order valence-corrected chi connectivity index (χ0v) is 29.1. The van der Waals surface area contributed by atoms with Gasteiger partial charge in [-0.1, -0.05) is 91.0 Å². The minimum absolute atomic E-state index is 0.331. The predicted molar refractivity (Wildman–Crippen MR) is 195 cm³/mol. The molecule has 0 amide bonds. The molecule has 46 heavy (non-hydrogen) atoms. The Hall–Kier alpha value is -2.54. The second kappa shape index (κ2) is 19.3. The highest BCUT2D eigenvalue weighted by molar-refractivity contribution is 6.18. The Bertz CT molecular complexity index is 1180. The number of benzene rings is 3. The van der Waals surface area contributed by atoms with Gasteiger partial charge in [-0.3, -0.25) is 14.7 Å². The van der Waals surface area contributed by atoms with E-state index in [4.69, 9.17) is 22.1 Å². The smallest absolute Gasteiger partial charge is 0.0471 e. The highest BCUT2D eigenvalue weighted by atomic mass is 35.5. The lowest BCUT2D eigenvalue weighted by Crippen LogP contribution is -2.25. The van der Waals surface area contributed by atoms with Gasteiger partial charge in [-0.25, -0.2) is 0 Å². The molecule has 3 aromatic rings. The number of hydrogen-bond donors (Lipinski definition) is 2. The molecule has 3 heterocycles. The summed E-state index contributed by atoms with van der Waals surface area (Å²) in [6, 6.07) is 33.5. The molecule has 0 aromatic heterocycles. The maximum absolute atomic E-state index is 9.11. The Morgan fingerprint density at radius 3 is 1.30 bits per heavy atom. The Kier molecular flexibility index (Phi) is 15.2. The van der Waals surface area contributed by atoms with Crippen molar-refractivity contribution in [2.45, 2.75) is 64.6 Å². The van der Waals surface area contributed by atoms with E-state index in [0.29, 0.717) is 42.5 Å². The standard InChI is InChI=1S/C14H20N2.C13H18ClN.C13H19NO/c1-12(14-5-3-2-4-6-14)16-10-8-13(11-16)7-9-15;1-11(13-5-3-2-4-6-13)15-8-7-12(9-14)10-15;1-11(13-5-3-2-4-6-13)14-8-7-12(9-14)10-15/h2-6,9,12-13,15H,7-8,10-11H2,1H3;2-6,11-12H,7-10H2,1H3;2-6,11-12,15H,7-10H2,1H3/t12-,13-;11-,12+;11-,12-/m000/s1. The van der Waals surface area contributed by atoms with Crippen LogP contribution in [0.4, 0.5) is 0 Å². The van der Waals surface area contributed by atoms with E-state index in [-0.39, 0.29) is 0 Å². The van der Waals surface area contributed by atoms with E-state index >= 15 is 0 Å². The second-order valence-corrected chi connectivity index (χ2v) is 13.8. The monoisotopic (exact) mass is 644 g/mol. The average Bonchev–Trinajstić information content (AvgIpc) is 3.91. The summed E-state index contributed by atoms with van der Waals surface area (Å²) in [4.78, 5) is 7.52. The first kappa shape index (κ1) is 36.3. The van der Waals surface area contributed by atoms with Crippen molar-refractivity contribution in [1.29, 1.82) is 5.41 Å². The number of aliphatic hydroxyl groups is 1. The van der Waals surface area contributed by atoms with E-state index in [1.54, 1.807) is 6.21 Å². The van der Waals surface area contributed by atoms with Crippen LogP contribution >= 0.6 is 11.6 Å². The van der Waals surface area contributed by atoms with E-state index in [1.807, 2.05) is 0 Å². The fourth-order valence-corrected chi connectivity index (χ4v) is 7.36. The molecule has 250 valence electrons. The number of aliphatic hydroxyl groups excluding tert-OH is 1. The van der Waals surface area contributed by atoms with Crippen molar-refractivity contribution in [2.24, 2.45) is 17.8 Å². The van der Waals surface area contributed by atoms with Crippen LogP contribution in [0.25, 0.3) is 0 Å². The van der Waals surface area contributed by atoms with E-state index in [0.717, 1.165) is 44.9 Å². The Labute approximate surface area is 284 Å². The van der Waals surface area contributed by atoms with Crippen molar-refractivity contribution in [2.75, 3.05) is 51.8 Å². The Balaban J connectivity index is 0.000000157. The molecule has 0 aliphatic carbocycles. The number of hydrogen-bond acceptors (Lipinski definition) is 5. The van der Waals surface area contributed by atoms with Crippen LogP contribution in [0.5, 0.6) is 0 Å². The van der Waals surface area contributed by atoms with Crippen LogP contribution in [-0.4, -0.2) is 77.8 Å². The SMILES string of the molecule is C[C@@H](c1ccccc1)N1CC[C@H](CC=N)C1.C[C@@H](c1ccccc1)N1CC[C@H](CCl)C1.C[C@@H](c1ccccc1)N1CC[C@H](CO)C1. The second-order valence-electron chi connectivity index (χ2n) is 13.5. The third kappa shape index (κ3) is 10.7. The molecule has 3 aliphatic heterocycles. The molecule has 3 fully saturated rings. The van der Waals surface area contributed by atoms with Crippen molar-refractivity contribution >= 4 is 17.8 Å². The van der Waals surface area contributed by atoms with Crippen LogP contribution in [0.1, 0.15) is 81.3 Å². The molecule has 0 spiro atoms. The highest BCUT2D eigenvalue weighted by Crippen LogP contribution is 2.29. The van der Waals surface area contributed by atoms with Crippen LogP contribution in [-0.2, 0) is 0 Å². The van der Waals surface area contributed by atoms with Crippen LogP contribution in [0.2, 0.25) is 0 Å². The molecule has 0 saturated carbocycles. The fraction of sp³-hybridized carbons (Fsp3) is 0.525. The van der Waals surface area contributed by atoms with Gasteiger partial charge in [0.05, 0.1) is 0 Å². The van der Waals surface area contributed by atoms with Crippen LogP contribution < -0.4 is 0 Å². The zero-order chi connectivity index (χ0) is 32.7. The maximum atomic E-state index is 9.11. The summed E-state index contributed by atoms with van der Waals surface area (Å²) in [5.74, 6) is 2.68. The van der Waals surface area contributed by atoms with Crippen molar-refractivity contribution in [3.63, 3.8) is 0 Å².